The highest BCUT2D eigenvalue weighted by atomic mass is 79.9. The normalized spacial score (nSPS) is 11.9. The first-order valence-corrected chi connectivity index (χ1v) is 7.70. The van der Waals surface area contributed by atoms with Gasteiger partial charge in [-0.15, -0.1) is 11.3 Å². The minimum absolute atomic E-state index is 0.0929. The molecule has 1 heterocycles. The monoisotopic (exact) mass is 360 g/mol. The summed E-state index contributed by atoms with van der Waals surface area (Å²) in [7, 11) is 0. The Labute approximate surface area is 129 Å². The maximum atomic E-state index is 13.6. The van der Waals surface area contributed by atoms with E-state index < -0.39 is 11.6 Å². The van der Waals surface area contributed by atoms with Gasteiger partial charge in [-0.05, 0) is 28.1 Å². The Balaban J connectivity index is 2.60. The first-order valence-electron chi connectivity index (χ1n) is 6.09. The number of benzene rings is 1. The van der Waals surface area contributed by atoms with Gasteiger partial charge in [0.15, 0.2) is 11.6 Å². The molecule has 6 heteroatoms. The lowest BCUT2D eigenvalue weighted by Gasteiger charge is -2.16. The van der Waals surface area contributed by atoms with Crippen molar-refractivity contribution in [2.24, 2.45) is 5.73 Å². The summed E-state index contributed by atoms with van der Waals surface area (Å²) in [6.07, 6.45) is 0. The van der Waals surface area contributed by atoms with Gasteiger partial charge in [-0.1, -0.05) is 20.8 Å². The van der Waals surface area contributed by atoms with E-state index in [2.05, 4.69) is 20.9 Å². The number of aromatic nitrogens is 1. The molecule has 0 bridgehead atoms. The summed E-state index contributed by atoms with van der Waals surface area (Å²) in [6.45, 7) is 6.52. The number of nitrogens with zero attached hydrogens (tertiary/aromatic N) is 1. The fourth-order valence-corrected chi connectivity index (χ4v) is 3.71. The highest BCUT2D eigenvalue weighted by Gasteiger charge is 2.24. The second-order valence-electron chi connectivity index (χ2n) is 5.47. The Morgan fingerprint density at radius 2 is 1.95 bits per heavy atom. The third kappa shape index (κ3) is 2.77. The molecule has 2 aromatic rings. The Bertz CT molecular complexity index is 647. The van der Waals surface area contributed by atoms with Crippen LogP contribution < -0.4 is 5.73 Å². The Morgan fingerprint density at radius 1 is 1.30 bits per heavy atom. The summed E-state index contributed by atoms with van der Waals surface area (Å²) in [6, 6.07) is 2.63. The minimum atomic E-state index is -0.899. The van der Waals surface area contributed by atoms with E-state index in [4.69, 9.17) is 5.73 Å². The number of thiazole rings is 1. The zero-order chi connectivity index (χ0) is 15.1. The first kappa shape index (κ1) is 15.5. The number of halogens is 3. The van der Waals surface area contributed by atoms with Crippen LogP contribution in [0.25, 0.3) is 10.6 Å². The van der Waals surface area contributed by atoms with Gasteiger partial charge in [0, 0.05) is 22.4 Å². The molecule has 1 aromatic heterocycles. The number of nitrogens with two attached hydrogens (primary N) is 1. The van der Waals surface area contributed by atoms with Crippen molar-refractivity contribution in [3.8, 4) is 10.6 Å². The number of rotatable bonds is 2. The van der Waals surface area contributed by atoms with Gasteiger partial charge in [0.2, 0.25) is 0 Å². The summed E-state index contributed by atoms with van der Waals surface area (Å²) in [5, 5.41) is 0.640. The van der Waals surface area contributed by atoms with Gasteiger partial charge in [-0.3, -0.25) is 0 Å². The molecular weight excluding hydrogens is 346 g/mol. The topological polar surface area (TPSA) is 38.9 Å². The van der Waals surface area contributed by atoms with E-state index in [1.54, 1.807) is 0 Å². The Kier molecular flexibility index (Phi) is 4.27. The van der Waals surface area contributed by atoms with Crippen molar-refractivity contribution in [3.63, 3.8) is 0 Å². The van der Waals surface area contributed by atoms with E-state index in [9.17, 15) is 8.78 Å². The van der Waals surface area contributed by atoms with Gasteiger partial charge in [0.1, 0.15) is 5.01 Å². The van der Waals surface area contributed by atoms with Crippen LogP contribution in [0.1, 0.15) is 31.3 Å². The predicted octanol–water partition coefficient (Wildman–Crippen LogP) is 4.61. The highest BCUT2D eigenvalue weighted by molar-refractivity contribution is 9.10. The molecule has 0 radical (unpaired) electrons. The fraction of sp³-hybridized carbons (Fsp3) is 0.357. The van der Waals surface area contributed by atoms with Crippen molar-refractivity contribution in [2.75, 3.05) is 0 Å². The van der Waals surface area contributed by atoms with Crippen molar-refractivity contribution < 1.29 is 8.78 Å². The van der Waals surface area contributed by atoms with Crippen molar-refractivity contribution >= 4 is 27.3 Å². The van der Waals surface area contributed by atoms with Crippen LogP contribution in [0, 0.1) is 11.6 Å². The number of hydrogen-bond donors (Lipinski definition) is 1. The van der Waals surface area contributed by atoms with Crippen LogP contribution in [0.2, 0.25) is 0 Å². The van der Waals surface area contributed by atoms with E-state index in [-0.39, 0.29) is 9.89 Å². The highest BCUT2D eigenvalue weighted by Crippen LogP contribution is 2.38. The maximum absolute atomic E-state index is 13.6. The van der Waals surface area contributed by atoms with Crippen molar-refractivity contribution in [3.05, 3.63) is 38.8 Å². The third-order valence-electron chi connectivity index (χ3n) is 2.86. The van der Waals surface area contributed by atoms with Crippen LogP contribution in [-0.2, 0) is 12.0 Å². The lowest BCUT2D eigenvalue weighted by molar-refractivity contribution is 0.504. The van der Waals surface area contributed by atoms with Gasteiger partial charge in [-0.25, -0.2) is 13.8 Å². The SMILES string of the molecule is CC(C)(C)c1nc(-c2ccc(F)c(F)c2Br)sc1CN. The lowest BCUT2D eigenvalue weighted by atomic mass is 9.91. The van der Waals surface area contributed by atoms with Crippen LogP contribution in [0.4, 0.5) is 8.78 Å². The van der Waals surface area contributed by atoms with Crippen molar-refractivity contribution in [2.45, 2.75) is 32.7 Å². The fourth-order valence-electron chi connectivity index (χ4n) is 1.88. The smallest absolute Gasteiger partial charge is 0.173 e. The molecule has 0 spiro atoms. The second-order valence-corrected chi connectivity index (χ2v) is 7.34. The maximum Gasteiger partial charge on any atom is 0.173 e. The molecule has 0 fully saturated rings. The van der Waals surface area contributed by atoms with Gasteiger partial charge < -0.3 is 5.73 Å². The van der Waals surface area contributed by atoms with E-state index >= 15 is 0 Å². The summed E-state index contributed by atoms with van der Waals surface area (Å²) in [5.41, 5.74) is 7.05. The molecule has 0 aliphatic carbocycles. The zero-order valence-corrected chi connectivity index (χ0v) is 13.8. The van der Waals surface area contributed by atoms with E-state index in [0.29, 0.717) is 17.1 Å². The van der Waals surface area contributed by atoms with Crippen LogP contribution in [-0.4, -0.2) is 4.98 Å². The summed E-state index contributed by atoms with van der Waals surface area (Å²) in [4.78, 5) is 5.54. The van der Waals surface area contributed by atoms with E-state index in [1.165, 1.54) is 17.4 Å². The van der Waals surface area contributed by atoms with Crippen LogP contribution in [0.3, 0.4) is 0 Å². The molecule has 108 valence electrons. The summed E-state index contributed by atoms with van der Waals surface area (Å²) >= 11 is 4.51. The van der Waals surface area contributed by atoms with Crippen LogP contribution in [0.15, 0.2) is 16.6 Å². The largest absolute Gasteiger partial charge is 0.326 e. The van der Waals surface area contributed by atoms with E-state index in [0.717, 1.165) is 16.6 Å². The molecular formula is C14H15BrF2N2S. The molecule has 0 saturated carbocycles. The molecule has 20 heavy (non-hydrogen) atoms. The Hall–Kier alpha value is -0.850. The van der Waals surface area contributed by atoms with Crippen LogP contribution in [0.5, 0.6) is 0 Å². The van der Waals surface area contributed by atoms with Gasteiger partial charge in [0.05, 0.1) is 10.2 Å². The minimum Gasteiger partial charge on any atom is -0.326 e. The third-order valence-corrected chi connectivity index (χ3v) is 4.74. The van der Waals surface area contributed by atoms with Crippen LogP contribution >= 0.6 is 27.3 Å². The molecule has 0 aliphatic heterocycles. The quantitative estimate of drug-likeness (QED) is 0.794. The molecule has 0 aliphatic rings. The lowest BCUT2D eigenvalue weighted by Crippen LogP contribution is -2.15. The average Bonchev–Trinajstić information content (AvgIpc) is 2.80. The van der Waals surface area contributed by atoms with E-state index in [1.807, 2.05) is 20.8 Å². The second kappa shape index (κ2) is 5.50. The van der Waals surface area contributed by atoms with Gasteiger partial charge in [-0.2, -0.15) is 0 Å². The molecule has 2 rings (SSSR count). The first-order chi connectivity index (χ1) is 9.25. The molecule has 0 unspecified atom stereocenters. The predicted molar refractivity (Wildman–Crippen MR) is 81.8 cm³/mol. The number of hydrogen-bond acceptors (Lipinski definition) is 3. The summed E-state index contributed by atoms with van der Waals surface area (Å²) in [5.74, 6) is -1.78. The van der Waals surface area contributed by atoms with Gasteiger partial charge in [0.25, 0.3) is 0 Å². The van der Waals surface area contributed by atoms with Gasteiger partial charge >= 0.3 is 0 Å². The average molecular weight is 361 g/mol. The van der Waals surface area contributed by atoms with Crippen molar-refractivity contribution in [1.29, 1.82) is 0 Å². The molecule has 0 amide bonds. The molecule has 0 atom stereocenters. The molecule has 1 aromatic carbocycles. The molecule has 2 N–H and O–H groups in total. The standard InChI is InChI=1S/C14H15BrF2N2S/c1-14(2,3)12-9(6-18)20-13(19-12)7-4-5-8(16)11(17)10(7)15/h4-5H,6,18H2,1-3H3. The van der Waals surface area contributed by atoms with Crippen molar-refractivity contribution in [1.82, 2.24) is 4.98 Å². The molecule has 0 saturated heterocycles. The zero-order valence-electron chi connectivity index (χ0n) is 11.4. The summed E-state index contributed by atoms with van der Waals surface area (Å²) < 4.78 is 26.9. The Morgan fingerprint density at radius 3 is 2.45 bits per heavy atom. The molecule has 2 nitrogen and oxygen atoms in total.